The summed E-state index contributed by atoms with van der Waals surface area (Å²) in [5.74, 6) is 0. The number of ether oxygens (including phenoxy) is 6. The van der Waals surface area contributed by atoms with Gasteiger partial charge in [-0.25, -0.2) is 0 Å². The standard InChI is InChI=1S/C38H64N2O6S/c1-5-19-39(20-6-1)35(31-13-3-9-23-43-31)15-11-17-37(35,33-29-41-25-27-45-33)47-38(34-30-42-26-28-46-34)18-12-16-36(38,32-14-4-10-24-44-32)40-21-7-2-8-22-40/h31-34H,1-30H2. The highest BCUT2D eigenvalue weighted by Crippen LogP contribution is 2.68. The van der Waals surface area contributed by atoms with Crippen LogP contribution in [0.2, 0.25) is 0 Å². The minimum Gasteiger partial charge on any atom is -0.376 e. The van der Waals surface area contributed by atoms with Crippen molar-refractivity contribution in [3.63, 3.8) is 0 Å². The van der Waals surface area contributed by atoms with E-state index in [-0.39, 0.29) is 45.0 Å². The SMILES string of the molecule is C1CCN(C2(C3CCCCO3)CCCC2(SC2(C3COCCO3)CCCC2(C2CCCCO2)N2CCCCC2)C2COCCO2)CC1. The van der Waals surface area contributed by atoms with E-state index in [1.54, 1.807) is 0 Å². The smallest absolute Gasteiger partial charge is 0.0975 e. The fourth-order valence-corrected chi connectivity index (χ4v) is 14.9. The molecule has 268 valence electrons. The van der Waals surface area contributed by atoms with Crippen LogP contribution in [0.1, 0.15) is 116 Å². The minimum atomic E-state index is -0.173. The minimum absolute atomic E-state index is 0.0320. The molecule has 8 nitrogen and oxygen atoms in total. The van der Waals surface area contributed by atoms with Crippen molar-refractivity contribution in [3.05, 3.63) is 0 Å². The van der Waals surface area contributed by atoms with Gasteiger partial charge in [0.25, 0.3) is 0 Å². The monoisotopic (exact) mass is 676 g/mol. The molecule has 0 spiro atoms. The number of hydrogen-bond donors (Lipinski definition) is 0. The summed E-state index contributed by atoms with van der Waals surface area (Å²) < 4.78 is 40.7. The van der Waals surface area contributed by atoms with E-state index in [2.05, 4.69) is 21.6 Å². The lowest BCUT2D eigenvalue weighted by molar-refractivity contribution is -0.169. The molecule has 8 rings (SSSR count). The Bertz CT molecular complexity index is 886. The van der Waals surface area contributed by atoms with Gasteiger partial charge in [-0.1, -0.05) is 12.8 Å². The van der Waals surface area contributed by atoms with Gasteiger partial charge in [-0.3, -0.25) is 9.80 Å². The van der Waals surface area contributed by atoms with Crippen LogP contribution >= 0.6 is 11.8 Å². The molecule has 6 aliphatic heterocycles. The van der Waals surface area contributed by atoms with Gasteiger partial charge in [0, 0.05) is 13.2 Å². The molecule has 47 heavy (non-hydrogen) atoms. The molecule has 0 radical (unpaired) electrons. The molecule has 0 amide bonds. The van der Waals surface area contributed by atoms with Gasteiger partial charge in [-0.05, 0) is 129 Å². The van der Waals surface area contributed by atoms with Crippen molar-refractivity contribution in [3.8, 4) is 0 Å². The molecule has 8 unspecified atom stereocenters. The molecule has 0 bridgehead atoms. The maximum absolute atomic E-state index is 7.06. The Kier molecular flexibility index (Phi) is 10.9. The molecule has 0 N–H and O–H groups in total. The van der Waals surface area contributed by atoms with Crippen molar-refractivity contribution in [1.82, 2.24) is 9.80 Å². The van der Waals surface area contributed by atoms with E-state index in [0.29, 0.717) is 39.6 Å². The largest absolute Gasteiger partial charge is 0.376 e. The molecular weight excluding hydrogens is 612 g/mol. The number of likely N-dealkylation sites (tertiary alicyclic amines) is 2. The summed E-state index contributed by atoms with van der Waals surface area (Å²) in [5.41, 5.74) is -0.175. The fourth-order valence-electron chi connectivity index (χ4n) is 12.2. The molecular formula is C38H64N2O6S. The second-order valence-electron chi connectivity index (χ2n) is 16.1. The van der Waals surface area contributed by atoms with Crippen LogP contribution in [0.3, 0.4) is 0 Å². The first kappa shape index (κ1) is 34.1. The molecule has 8 fully saturated rings. The van der Waals surface area contributed by atoms with Crippen molar-refractivity contribution in [1.29, 1.82) is 0 Å². The molecule has 0 aromatic carbocycles. The van der Waals surface area contributed by atoms with Gasteiger partial charge >= 0.3 is 0 Å². The molecule has 8 atom stereocenters. The third kappa shape index (κ3) is 5.80. The summed E-state index contributed by atoms with van der Waals surface area (Å²) in [6.45, 7) is 10.6. The van der Waals surface area contributed by atoms with Gasteiger partial charge in [0.1, 0.15) is 0 Å². The summed E-state index contributed by atoms with van der Waals surface area (Å²) in [6, 6.07) is 0. The summed E-state index contributed by atoms with van der Waals surface area (Å²) >= 11 is 2.36. The molecule has 0 aromatic rings. The predicted octanol–water partition coefficient (Wildman–Crippen LogP) is 5.98. The van der Waals surface area contributed by atoms with Crippen LogP contribution in [0.5, 0.6) is 0 Å². The first-order valence-corrected chi connectivity index (χ1v) is 20.9. The maximum atomic E-state index is 7.06. The van der Waals surface area contributed by atoms with Crippen molar-refractivity contribution >= 4 is 11.8 Å². The number of thioether (sulfide) groups is 1. The van der Waals surface area contributed by atoms with E-state index in [9.17, 15) is 0 Å². The molecule has 2 aliphatic carbocycles. The Morgan fingerprint density at radius 3 is 1.23 bits per heavy atom. The zero-order valence-electron chi connectivity index (χ0n) is 29.3. The summed E-state index contributed by atoms with van der Waals surface area (Å²) in [7, 11) is 0. The van der Waals surface area contributed by atoms with Crippen LogP contribution in [-0.2, 0) is 28.4 Å². The number of hydrogen-bond acceptors (Lipinski definition) is 9. The number of piperidine rings is 2. The van der Waals surface area contributed by atoms with Gasteiger partial charge in [0.15, 0.2) is 0 Å². The molecule has 2 saturated carbocycles. The maximum Gasteiger partial charge on any atom is 0.0975 e. The highest BCUT2D eigenvalue weighted by atomic mass is 32.2. The van der Waals surface area contributed by atoms with Crippen LogP contribution in [0.25, 0.3) is 0 Å². The topological polar surface area (TPSA) is 61.9 Å². The second-order valence-corrected chi connectivity index (χ2v) is 17.8. The summed E-state index contributed by atoms with van der Waals surface area (Å²) in [4.78, 5) is 5.93. The van der Waals surface area contributed by atoms with Crippen LogP contribution < -0.4 is 0 Å². The first-order chi connectivity index (χ1) is 23.3. The Morgan fingerprint density at radius 2 is 0.851 bits per heavy atom. The lowest BCUT2D eigenvalue weighted by Gasteiger charge is -2.65. The zero-order chi connectivity index (χ0) is 31.6. The molecule has 0 aromatic heterocycles. The molecule has 6 heterocycles. The number of rotatable bonds is 8. The van der Waals surface area contributed by atoms with Gasteiger partial charge in [0.05, 0.1) is 84.6 Å². The number of nitrogens with zero attached hydrogens (tertiary/aromatic N) is 2. The summed E-state index contributed by atoms with van der Waals surface area (Å²) in [5, 5.41) is 0. The van der Waals surface area contributed by atoms with Gasteiger partial charge < -0.3 is 28.4 Å². The van der Waals surface area contributed by atoms with Gasteiger partial charge in [-0.15, -0.1) is 11.8 Å². The highest BCUT2D eigenvalue weighted by molar-refractivity contribution is 8.02. The van der Waals surface area contributed by atoms with Crippen LogP contribution in [-0.4, -0.2) is 134 Å². The summed E-state index contributed by atoms with van der Waals surface area (Å²) in [6.07, 6.45) is 22.7. The second kappa shape index (κ2) is 14.9. The predicted molar refractivity (Wildman–Crippen MR) is 185 cm³/mol. The van der Waals surface area contributed by atoms with E-state index in [1.807, 2.05) is 0 Å². The Morgan fingerprint density at radius 1 is 0.404 bits per heavy atom. The molecule has 8 aliphatic rings. The van der Waals surface area contributed by atoms with E-state index in [1.165, 1.54) is 116 Å². The van der Waals surface area contributed by atoms with Crippen molar-refractivity contribution in [2.45, 2.75) is 161 Å². The Labute approximate surface area is 289 Å². The van der Waals surface area contributed by atoms with E-state index in [4.69, 9.17) is 28.4 Å². The van der Waals surface area contributed by atoms with E-state index in [0.717, 1.165) is 38.9 Å². The quantitative estimate of drug-likeness (QED) is 0.309. The average Bonchev–Trinajstić information content (AvgIpc) is 3.75. The first-order valence-electron chi connectivity index (χ1n) is 20.1. The normalized spacial score (nSPS) is 46.5. The van der Waals surface area contributed by atoms with Crippen LogP contribution in [0.15, 0.2) is 0 Å². The third-order valence-corrected chi connectivity index (χ3v) is 16.3. The molecule has 9 heteroatoms. The van der Waals surface area contributed by atoms with Crippen molar-refractivity contribution in [2.75, 3.05) is 79.0 Å². The lowest BCUT2D eigenvalue weighted by Crippen LogP contribution is -2.77. The zero-order valence-corrected chi connectivity index (χ0v) is 30.1. The lowest BCUT2D eigenvalue weighted by atomic mass is 9.72. The fraction of sp³-hybridized carbons (Fsp3) is 1.00. The van der Waals surface area contributed by atoms with Gasteiger partial charge in [0.2, 0.25) is 0 Å². The average molecular weight is 677 g/mol. The van der Waals surface area contributed by atoms with Crippen molar-refractivity contribution < 1.29 is 28.4 Å². The van der Waals surface area contributed by atoms with Crippen molar-refractivity contribution in [2.24, 2.45) is 0 Å². The highest BCUT2D eigenvalue weighted by Gasteiger charge is 2.74. The molecule has 6 saturated heterocycles. The Balaban J connectivity index is 1.32. The van der Waals surface area contributed by atoms with Gasteiger partial charge in [-0.2, -0.15) is 0 Å². The Hall–Kier alpha value is 0.0300. The van der Waals surface area contributed by atoms with Crippen LogP contribution in [0.4, 0.5) is 0 Å². The third-order valence-electron chi connectivity index (χ3n) is 14.0. The van der Waals surface area contributed by atoms with E-state index >= 15 is 0 Å². The van der Waals surface area contributed by atoms with E-state index < -0.39 is 0 Å². The van der Waals surface area contributed by atoms with Crippen LogP contribution in [0, 0.1) is 0 Å².